The predicted molar refractivity (Wildman–Crippen MR) is 125 cm³/mol. The Morgan fingerprint density at radius 1 is 0.943 bits per heavy atom. The summed E-state index contributed by atoms with van der Waals surface area (Å²) in [6.45, 7) is 3.69. The minimum Gasteiger partial charge on any atom is -0.465 e. The molecule has 182 valence electrons. The van der Waals surface area contributed by atoms with Gasteiger partial charge in [0.15, 0.2) is 5.78 Å². The Bertz CT molecular complexity index is 1310. The van der Waals surface area contributed by atoms with Gasteiger partial charge in [0.05, 0.1) is 28.4 Å². The highest BCUT2D eigenvalue weighted by Gasteiger charge is 2.34. The summed E-state index contributed by atoms with van der Waals surface area (Å²) in [6, 6.07) is 11.6. The van der Waals surface area contributed by atoms with E-state index in [2.05, 4.69) is 10.3 Å². The fraction of sp³-hybridized carbons (Fsp3) is 0.167. The molecule has 0 aliphatic carbocycles. The third-order valence-electron chi connectivity index (χ3n) is 4.85. The Hall–Kier alpha value is -3.92. The Labute approximate surface area is 202 Å². The van der Waals surface area contributed by atoms with Gasteiger partial charge in [0.2, 0.25) is 5.91 Å². The number of hydrogen-bond acceptors (Lipinski definition) is 4. The minimum atomic E-state index is -4.85. The molecule has 0 aliphatic heterocycles. The molecular weight excluding hydrogens is 487 g/mol. The van der Waals surface area contributed by atoms with E-state index in [-0.39, 0.29) is 11.3 Å². The van der Waals surface area contributed by atoms with E-state index >= 15 is 0 Å². The number of Topliss-reactive ketones (excluding diaryl/α,β-unsaturated/α-hetero) is 1. The number of carbonyl (C=O) groups is 3. The Balaban J connectivity index is 1.82. The maximum atomic E-state index is 13.1. The first-order chi connectivity index (χ1) is 16.3. The molecule has 0 bridgehead atoms. The quantitative estimate of drug-likeness (QED) is 0.267. The maximum Gasteiger partial charge on any atom is 0.417 e. The number of nitrogens with one attached hydrogen (secondary N) is 2. The summed E-state index contributed by atoms with van der Waals surface area (Å²) in [5.74, 6) is -1.40. The second kappa shape index (κ2) is 10.1. The first-order valence-electron chi connectivity index (χ1n) is 10.1. The second-order valence-corrected chi connectivity index (χ2v) is 8.08. The fourth-order valence-corrected chi connectivity index (χ4v) is 3.70. The van der Waals surface area contributed by atoms with Crippen molar-refractivity contribution in [3.05, 3.63) is 76.1 Å². The van der Waals surface area contributed by atoms with E-state index in [1.54, 1.807) is 23.5 Å². The molecule has 2 amide bonds. The van der Waals surface area contributed by atoms with Gasteiger partial charge >= 0.3 is 12.3 Å². The van der Waals surface area contributed by atoms with E-state index in [1.807, 2.05) is 26.0 Å². The molecule has 0 aliphatic rings. The molecule has 35 heavy (non-hydrogen) atoms. The summed E-state index contributed by atoms with van der Waals surface area (Å²) >= 11 is 5.69. The van der Waals surface area contributed by atoms with Crippen LogP contribution >= 0.6 is 11.6 Å². The van der Waals surface area contributed by atoms with Gasteiger partial charge in [0.1, 0.15) is 0 Å². The number of anilines is 2. The zero-order valence-electron chi connectivity index (χ0n) is 18.5. The van der Waals surface area contributed by atoms with Gasteiger partial charge in [0.25, 0.3) is 0 Å². The number of ketones is 1. The molecule has 0 atom stereocenters. The Kier molecular flexibility index (Phi) is 7.45. The van der Waals surface area contributed by atoms with Crippen molar-refractivity contribution < 1.29 is 32.7 Å². The summed E-state index contributed by atoms with van der Waals surface area (Å²) in [7, 11) is 0. The molecular formula is C24H19ClF3N3O4. The lowest BCUT2D eigenvalue weighted by Gasteiger charge is -2.16. The van der Waals surface area contributed by atoms with Crippen LogP contribution in [0.25, 0.3) is 11.1 Å². The lowest BCUT2D eigenvalue weighted by molar-refractivity contribution is -0.137. The first-order valence-corrected chi connectivity index (χ1v) is 10.5. The molecule has 7 nitrogen and oxygen atoms in total. The number of pyridine rings is 1. The molecule has 2 aromatic carbocycles. The molecule has 0 unspecified atom stereocenters. The van der Waals surface area contributed by atoms with Crippen LogP contribution in [0, 0.1) is 13.8 Å². The molecule has 0 fully saturated rings. The average Bonchev–Trinajstić information content (AvgIpc) is 2.73. The summed E-state index contributed by atoms with van der Waals surface area (Å²) in [5, 5.41) is 12.2. The van der Waals surface area contributed by atoms with Crippen LogP contribution in [0.4, 0.5) is 29.3 Å². The third-order valence-corrected chi connectivity index (χ3v) is 5.16. The van der Waals surface area contributed by atoms with Crippen LogP contribution in [0.1, 0.15) is 33.7 Å². The number of halogens is 4. The van der Waals surface area contributed by atoms with E-state index in [4.69, 9.17) is 16.7 Å². The highest BCUT2D eigenvalue weighted by molar-refractivity contribution is 6.32. The molecule has 0 saturated carbocycles. The zero-order valence-corrected chi connectivity index (χ0v) is 19.2. The molecule has 3 aromatic rings. The maximum absolute atomic E-state index is 13.1. The number of alkyl halides is 3. The number of carboxylic acid groups (broad SMARTS) is 1. The van der Waals surface area contributed by atoms with Crippen molar-refractivity contribution in [2.75, 3.05) is 10.6 Å². The summed E-state index contributed by atoms with van der Waals surface area (Å²) in [5.41, 5.74) is 1.30. The summed E-state index contributed by atoms with van der Waals surface area (Å²) < 4.78 is 39.4. The summed E-state index contributed by atoms with van der Waals surface area (Å²) in [6.07, 6.45) is -7.13. The van der Waals surface area contributed by atoms with Gasteiger partial charge < -0.3 is 10.4 Å². The van der Waals surface area contributed by atoms with Crippen molar-refractivity contribution in [3.8, 4) is 11.1 Å². The van der Waals surface area contributed by atoms with E-state index < -0.39 is 46.7 Å². The first kappa shape index (κ1) is 25.7. The van der Waals surface area contributed by atoms with Gasteiger partial charge in [-0.1, -0.05) is 29.8 Å². The fourth-order valence-electron chi connectivity index (χ4n) is 3.43. The van der Waals surface area contributed by atoms with Crippen LogP contribution in [0.5, 0.6) is 0 Å². The number of aryl methyl sites for hydroxylation is 2. The van der Waals surface area contributed by atoms with Gasteiger partial charge in [-0.3, -0.25) is 19.9 Å². The van der Waals surface area contributed by atoms with Crippen LogP contribution in [0.15, 0.2) is 48.5 Å². The molecule has 0 saturated heterocycles. The van der Waals surface area contributed by atoms with E-state index in [0.29, 0.717) is 6.07 Å². The van der Waals surface area contributed by atoms with Crippen molar-refractivity contribution >= 4 is 40.8 Å². The van der Waals surface area contributed by atoms with Crippen LogP contribution in [0.3, 0.4) is 0 Å². The van der Waals surface area contributed by atoms with Crippen molar-refractivity contribution in [2.24, 2.45) is 0 Å². The molecule has 1 heterocycles. The van der Waals surface area contributed by atoms with E-state index in [1.165, 1.54) is 6.07 Å². The van der Waals surface area contributed by atoms with E-state index in [0.717, 1.165) is 28.6 Å². The average molecular weight is 506 g/mol. The molecule has 1 aromatic heterocycles. The van der Waals surface area contributed by atoms with Crippen molar-refractivity contribution in [3.63, 3.8) is 0 Å². The van der Waals surface area contributed by atoms with Gasteiger partial charge in [-0.05, 0) is 55.3 Å². The normalized spacial score (nSPS) is 11.1. The lowest BCUT2D eigenvalue weighted by atomic mass is 9.99. The number of hydrogen-bond donors (Lipinski definition) is 3. The lowest BCUT2D eigenvalue weighted by Crippen LogP contribution is -2.19. The van der Waals surface area contributed by atoms with Crippen molar-refractivity contribution in [1.82, 2.24) is 4.98 Å². The van der Waals surface area contributed by atoms with Gasteiger partial charge in [-0.15, -0.1) is 0 Å². The molecule has 3 N–H and O–H groups in total. The highest BCUT2D eigenvalue weighted by Crippen LogP contribution is 2.39. The molecule has 0 radical (unpaired) electrons. The Morgan fingerprint density at radius 3 is 2.17 bits per heavy atom. The number of amides is 2. The molecule has 11 heteroatoms. The third kappa shape index (κ3) is 6.57. The van der Waals surface area contributed by atoms with Gasteiger partial charge in [0, 0.05) is 17.0 Å². The molecule has 3 rings (SSSR count). The van der Waals surface area contributed by atoms with Crippen molar-refractivity contribution in [1.29, 1.82) is 0 Å². The standard InChI is InChI=1S/C24H19ClF3N3O4/c1-12-6-16(7-13(2)29-12)14-4-3-5-15(8-14)21(32)11-22(33)30-20-10-18(25)17(24(26,27)28)9-19(20)31-23(34)35/h3-10,31H,11H2,1-2H3,(H,30,33)(H,34,35). The number of benzene rings is 2. The number of aromatic nitrogens is 1. The monoisotopic (exact) mass is 505 g/mol. The van der Waals surface area contributed by atoms with Gasteiger partial charge in [-0.25, -0.2) is 4.79 Å². The van der Waals surface area contributed by atoms with Gasteiger partial charge in [-0.2, -0.15) is 13.2 Å². The van der Waals surface area contributed by atoms with Crippen LogP contribution < -0.4 is 10.6 Å². The van der Waals surface area contributed by atoms with Crippen LogP contribution in [-0.4, -0.2) is 27.9 Å². The number of carbonyl (C=O) groups excluding carboxylic acids is 2. The smallest absolute Gasteiger partial charge is 0.417 e. The number of nitrogens with zero attached hydrogens (tertiary/aromatic N) is 1. The second-order valence-electron chi connectivity index (χ2n) is 7.67. The predicted octanol–water partition coefficient (Wildman–Crippen LogP) is 6.34. The van der Waals surface area contributed by atoms with Crippen LogP contribution in [0.2, 0.25) is 5.02 Å². The van der Waals surface area contributed by atoms with Crippen LogP contribution in [-0.2, 0) is 11.0 Å². The van der Waals surface area contributed by atoms with Crippen molar-refractivity contribution in [2.45, 2.75) is 26.4 Å². The zero-order chi connectivity index (χ0) is 25.9. The Morgan fingerprint density at radius 2 is 1.57 bits per heavy atom. The SMILES string of the molecule is Cc1cc(-c2cccc(C(=O)CC(=O)Nc3cc(Cl)c(C(F)(F)F)cc3NC(=O)O)c2)cc(C)n1. The van der Waals surface area contributed by atoms with E-state index in [9.17, 15) is 27.6 Å². The topological polar surface area (TPSA) is 108 Å². The minimum absolute atomic E-state index is 0.249. The highest BCUT2D eigenvalue weighted by atomic mass is 35.5. The number of rotatable bonds is 6. The summed E-state index contributed by atoms with van der Waals surface area (Å²) in [4.78, 5) is 40.5. The molecule has 0 spiro atoms. The largest absolute Gasteiger partial charge is 0.465 e.